The Morgan fingerprint density at radius 1 is 1.19 bits per heavy atom. The topological polar surface area (TPSA) is 51.9 Å². The van der Waals surface area contributed by atoms with Crippen LogP contribution >= 0.6 is 11.6 Å². The van der Waals surface area contributed by atoms with Gasteiger partial charge in [0.05, 0.1) is 25.1 Å². The average Bonchev–Trinajstić information content (AvgIpc) is 3.16. The van der Waals surface area contributed by atoms with E-state index in [4.69, 9.17) is 25.5 Å². The highest BCUT2D eigenvalue weighted by atomic mass is 35.5. The molecule has 0 N–H and O–H groups in total. The summed E-state index contributed by atoms with van der Waals surface area (Å²) in [5.74, 6) is 0.680. The first kappa shape index (κ1) is 22.4. The molecule has 0 aliphatic carbocycles. The molecule has 0 radical (unpaired) electrons. The van der Waals surface area contributed by atoms with Crippen molar-refractivity contribution in [2.24, 2.45) is 0 Å². The summed E-state index contributed by atoms with van der Waals surface area (Å²) in [6.45, 7) is 9.56. The molecule has 168 valence electrons. The lowest BCUT2D eigenvalue weighted by molar-refractivity contribution is -0.137. The fraction of sp³-hybridized carbons (Fsp3) is 0.346. The molecule has 0 bridgehead atoms. The molecule has 1 amide bonds. The second kappa shape index (κ2) is 9.39. The number of hydrogen-bond donors (Lipinski definition) is 0. The minimum atomic E-state index is -0.0165. The van der Waals surface area contributed by atoms with Gasteiger partial charge < -0.3 is 18.8 Å². The second-order valence-corrected chi connectivity index (χ2v) is 8.70. The zero-order valence-electron chi connectivity index (χ0n) is 18.9. The molecule has 1 aliphatic heterocycles. The summed E-state index contributed by atoms with van der Waals surface area (Å²) in [6, 6.07) is 11.6. The van der Waals surface area contributed by atoms with Crippen LogP contribution in [0.15, 0.2) is 53.2 Å². The van der Waals surface area contributed by atoms with E-state index in [9.17, 15) is 4.79 Å². The maximum atomic E-state index is 13.0. The molecule has 6 heteroatoms. The molecule has 1 saturated heterocycles. The van der Waals surface area contributed by atoms with Crippen LogP contribution in [0.5, 0.6) is 5.75 Å². The zero-order chi connectivity index (χ0) is 22.8. The number of ether oxygens (including phenoxy) is 2. The van der Waals surface area contributed by atoms with E-state index in [1.165, 1.54) is 0 Å². The Kier molecular flexibility index (Phi) is 6.58. The molecule has 3 aromatic rings. The van der Waals surface area contributed by atoms with Crippen molar-refractivity contribution < 1.29 is 18.7 Å². The maximum absolute atomic E-state index is 13.0. The van der Waals surface area contributed by atoms with E-state index in [1.54, 1.807) is 12.3 Å². The lowest BCUT2D eigenvalue weighted by Gasteiger charge is -2.34. The van der Waals surface area contributed by atoms with Crippen LogP contribution in [0.25, 0.3) is 27.7 Å². The van der Waals surface area contributed by atoms with Gasteiger partial charge in [0.15, 0.2) is 0 Å². The van der Waals surface area contributed by atoms with Crippen LogP contribution in [-0.4, -0.2) is 42.7 Å². The van der Waals surface area contributed by atoms with E-state index in [0.717, 1.165) is 33.2 Å². The molecular formula is C26H28ClNO4. The van der Waals surface area contributed by atoms with Crippen LogP contribution < -0.4 is 4.74 Å². The number of carbonyl (C=O) groups excluding carboxylic acids is 1. The van der Waals surface area contributed by atoms with Gasteiger partial charge in [0, 0.05) is 46.8 Å². The normalized spacial score (nSPS) is 19.4. The number of nitrogens with zero attached hydrogens (tertiary/aromatic N) is 1. The average molecular weight is 454 g/mol. The van der Waals surface area contributed by atoms with Gasteiger partial charge in [0.25, 0.3) is 0 Å². The van der Waals surface area contributed by atoms with E-state index >= 15 is 0 Å². The van der Waals surface area contributed by atoms with Gasteiger partial charge in [-0.2, -0.15) is 0 Å². The molecule has 32 heavy (non-hydrogen) atoms. The third-order valence-electron chi connectivity index (χ3n) is 5.63. The Morgan fingerprint density at radius 3 is 2.53 bits per heavy atom. The van der Waals surface area contributed by atoms with Crippen LogP contribution in [0.1, 0.15) is 33.3 Å². The first-order chi connectivity index (χ1) is 15.4. The number of carbonyl (C=O) groups is 1. The molecule has 2 unspecified atom stereocenters. The largest absolute Gasteiger partial charge is 0.493 e. The fourth-order valence-electron chi connectivity index (χ4n) is 4.20. The van der Waals surface area contributed by atoms with Crippen LogP contribution in [0.2, 0.25) is 5.02 Å². The summed E-state index contributed by atoms with van der Waals surface area (Å²) in [7, 11) is 0. The SMILES string of the molecule is CCOc1cc2occ(-c3ccc(Cl)cc3)c2cc1/C(C)=C/C(=O)N1CC(C)OC(C)C1. The molecule has 4 rings (SSSR count). The summed E-state index contributed by atoms with van der Waals surface area (Å²) in [4.78, 5) is 14.8. The van der Waals surface area contributed by atoms with Gasteiger partial charge in [-0.25, -0.2) is 0 Å². The molecule has 1 aromatic heterocycles. The molecule has 5 nitrogen and oxygen atoms in total. The van der Waals surface area contributed by atoms with Gasteiger partial charge in [-0.3, -0.25) is 4.79 Å². The molecule has 0 saturated carbocycles. The highest BCUT2D eigenvalue weighted by Gasteiger charge is 2.25. The minimum Gasteiger partial charge on any atom is -0.493 e. The summed E-state index contributed by atoms with van der Waals surface area (Å²) in [6.07, 6.45) is 3.49. The Bertz CT molecular complexity index is 1140. The zero-order valence-corrected chi connectivity index (χ0v) is 19.6. The Labute approximate surface area is 193 Å². The van der Waals surface area contributed by atoms with Gasteiger partial charge in [0.1, 0.15) is 11.3 Å². The number of benzene rings is 2. The van der Waals surface area contributed by atoms with Crippen molar-refractivity contribution in [2.45, 2.75) is 39.9 Å². The van der Waals surface area contributed by atoms with Gasteiger partial charge >= 0.3 is 0 Å². The monoisotopic (exact) mass is 453 g/mol. The van der Waals surface area contributed by atoms with E-state index < -0.39 is 0 Å². The molecule has 2 heterocycles. The van der Waals surface area contributed by atoms with E-state index in [-0.39, 0.29) is 18.1 Å². The Morgan fingerprint density at radius 2 is 1.88 bits per heavy atom. The quantitative estimate of drug-likeness (QED) is 0.432. The van der Waals surface area contributed by atoms with E-state index in [2.05, 4.69) is 0 Å². The second-order valence-electron chi connectivity index (χ2n) is 8.26. The van der Waals surface area contributed by atoms with Crippen LogP contribution in [0, 0.1) is 0 Å². The van der Waals surface area contributed by atoms with Crippen molar-refractivity contribution in [1.29, 1.82) is 0 Å². The highest BCUT2D eigenvalue weighted by molar-refractivity contribution is 6.30. The summed E-state index contributed by atoms with van der Waals surface area (Å²) in [5.41, 5.74) is 4.43. The lowest BCUT2D eigenvalue weighted by Crippen LogP contribution is -2.47. The molecule has 0 spiro atoms. The number of allylic oxidation sites excluding steroid dienone is 1. The third-order valence-corrected chi connectivity index (χ3v) is 5.88. The van der Waals surface area contributed by atoms with Crippen molar-refractivity contribution in [3.05, 3.63) is 59.3 Å². The number of halogens is 1. The lowest BCUT2D eigenvalue weighted by atomic mass is 9.99. The number of rotatable bonds is 5. The number of furan rings is 1. The molecule has 2 atom stereocenters. The Balaban J connectivity index is 1.73. The maximum Gasteiger partial charge on any atom is 0.247 e. The first-order valence-corrected chi connectivity index (χ1v) is 11.3. The van der Waals surface area contributed by atoms with Crippen molar-refractivity contribution in [2.75, 3.05) is 19.7 Å². The summed E-state index contributed by atoms with van der Waals surface area (Å²) < 4.78 is 17.5. The molecule has 1 aliphatic rings. The standard InChI is InChI=1S/C26H28ClNO4/c1-5-30-24-12-25-22(23(15-31-25)19-6-8-20(27)9-7-19)11-21(24)16(2)10-26(29)28-13-17(3)32-18(4)14-28/h6-12,15,17-18H,5,13-14H2,1-4H3/b16-10+. The van der Waals surface area contributed by atoms with Gasteiger partial charge in [-0.15, -0.1) is 0 Å². The van der Waals surface area contributed by atoms with Crippen molar-refractivity contribution in [3.63, 3.8) is 0 Å². The van der Waals surface area contributed by atoms with Gasteiger partial charge in [-0.05, 0) is 57.0 Å². The van der Waals surface area contributed by atoms with Crippen LogP contribution in [0.4, 0.5) is 0 Å². The number of fused-ring (bicyclic) bond motifs is 1. The molecule has 2 aromatic carbocycles. The summed E-state index contributed by atoms with van der Waals surface area (Å²) >= 11 is 6.05. The number of hydrogen-bond acceptors (Lipinski definition) is 4. The van der Waals surface area contributed by atoms with Gasteiger partial charge in [0.2, 0.25) is 5.91 Å². The van der Waals surface area contributed by atoms with Crippen molar-refractivity contribution >= 4 is 34.1 Å². The number of amides is 1. The highest BCUT2D eigenvalue weighted by Crippen LogP contribution is 2.38. The molecular weight excluding hydrogens is 426 g/mol. The van der Waals surface area contributed by atoms with Crippen LogP contribution in [-0.2, 0) is 9.53 Å². The first-order valence-electron chi connectivity index (χ1n) is 10.9. The van der Waals surface area contributed by atoms with Crippen molar-refractivity contribution in [1.82, 2.24) is 4.90 Å². The summed E-state index contributed by atoms with van der Waals surface area (Å²) in [5, 5.41) is 1.64. The predicted octanol–water partition coefficient (Wildman–Crippen LogP) is 6.19. The van der Waals surface area contributed by atoms with Crippen molar-refractivity contribution in [3.8, 4) is 16.9 Å². The van der Waals surface area contributed by atoms with E-state index in [1.807, 2.05) is 69.0 Å². The minimum absolute atomic E-state index is 0.0165. The smallest absolute Gasteiger partial charge is 0.247 e. The van der Waals surface area contributed by atoms with E-state index in [0.29, 0.717) is 30.5 Å². The van der Waals surface area contributed by atoms with Gasteiger partial charge in [-0.1, -0.05) is 23.7 Å². The third kappa shape index (κ3) is 4.69. The van der Waals surface area contributed by atoms with Crippen LogP contribution in [0.3, 0.4) is 0 Å². The Hall–Kier alpha value is -2.76. The predicted molar refractivity (Wildman–Crippen MR) is 128 cm³/mol. The number of morpholine rings is 1. The molecule has 1 fully saturated rings. The fourth-order valence-corrected chi connectivity index (χ4v) is 4.33.